The molecule has 0 saturated carbocycles. The lowest BCUT2D eigenvalue weighted by Gasteiger charge is -2.13. The van der Waals surface area contributed by atoms with Gasteiger partial charge < -0.3 is 25.4 Å². The molecular formula is C15H21N5O4. The van der Waals surface area contributed by atoms with Crippen LogP contribution < -0.4 is 10.6 Å². The average Bonchev–Trinajstić information content (AvgIpc) is 3.07. The topological polar surface area (TPSA) is 133 Å². The van der Waals surface area contributed by atoms with Gasteiger partial charge in [0.05, 0.1) is 31.4 Å². The summed E-state index contributed by atoms with van der Waals surface area (Å²) in [7, 11) is 0. The predicted molar refractivity (Wildman–Crippen MR) is 85.4 cm³/mol. The maximum absolute atomic E-state index is 12.1. The molecule has 0 fully saturated rings. The van der Waals surface area contributed by atoms with E-state index in [0.717, 1.165) is 0 Å². The Balaban J connectivity index is 1.90. The highest BCUT2D eigenvalue weighted by Gasteiger charge is 2.12. The minimum Gasteiger partial charge on any atom is -0.394 e. The molecule has 2 heterocycles. The van der Waals surface area contributed by atoms with E-state index in [0.29, 0.717) is 23.1 Å². The van der Waals surface area contributed by atoms with Crippen LogP contribution in [0.2, 0.25) is 0 Å². The smallest absolute Gasteiger partial charge is 0.253 e. The van der Waals surface area contributed by atoms with Crippen LogP contribution in [-0.2, 0) is 6.54 Å². The van der Waals surface area contributed by atoms with Crippen LogP contribution in [0.15, 0.2) is 22.9 Å². The molecule has 0 saturated heterocycles. The van der Waals surface area contributed by atoms with Crippen LogP contribution in [0.5, 0.6) is 0 Å². The Morgan fingerprint density at radius 3 is 2.58 bits per heavy atom. The molecule has 2 rings (SSSR count). The van der Waals surface area contributed by atoms with Gasteiger partial charge in [-0.25, -0.2) is 4.98 Å². The van der Waals surface area contributed by atoms with E-state index in [4.69, 9.17) is 14.7 Å². The molecule has 9 nitrogen and oxygen atoms in total. The number of carbonyl (C=O) groups excluding carboxylic acids is 1. The van der Waals surface area contributed by atoms with Crippen molar-refractivity contribution in [1.29, 1.82) is 0 Å². The molecule has 0 aromatic carbocycles. The van der Waals surface area contributed by atoms with Gasteiger partial charge in [-0.1, -0.05) is 19.0 Å². The van der Waals surface area contributed by atoms with E-state index >= 15 is 0 Å². The molecule has 0 radical (unpaired) electrons. The van der Waals surface area contributed by atoms with Gasteiger partial charge in [-0.15, -0.1) is 0 Å². The van der Waals surface area contributed by atoms with Crippen molar-refractivity contribution < 1.29 is 19.5 Å². The Bertz CT molecular complexity index is 652. The Kier molecular flexibility index (Phi) is 6.21. The van der Waals surface area contributed by atoms with Crippen LogP contribution >= 0.6 is 0 Å². The highest BCUT2D eigenvalue weighted by molar-refractivity contribution is 5.93. The molecule has 1 amide bonds. The number of aliphatic hydroxyl groups excluding tert-OH is 2. The maximum Gasteiger partial charge on any atom is 0.253 e. The van der Waals surface area contributed by atoms with Gasteiger partial charge in [-0.2, -0.15) is 4.98 Å². The third-order valence-corrected chi connectivity index (χ3v) is 3.20. The van der Waals surface area contributed by atoms with Crippen LogP contribution in [0.3, 0.4) is 0 Å². The number of amides is 1. The van der Waals surface area contributed by atoms with Crippen LogP contribution in [0.1, 0.15) is 41.8 Å². The van der Waals surface area contributed by atoms with Crippen LogP contribution in [0.25, 0.3) is 0 Å². The van der Waals surface area contributed by atoms with E-state index in [9.17, 15) is 4.79 Å². The number of hydrogen-bond acceptors (Lipinski definition) is 8. The SMILES string of the molecule is CC(C)c1nc(CNC(=O)c2ccc(NC(CO)CO)nc2)no1. The molecule has 0 spiro atoms. The lowest BCUT2D eigenvalue weighted by atomic mass is 10.2. The van der Waals surface area contributed by atoms with E-state index in [1.54, 1.807) is 12.1 Å². The summed E-state index contributed by atoms with van der Waals surface area (Å²) in [4.78, 5) is 20.3. The van der Waals surface area contributed by atoms with Gasteiger partial charge in [0.1, 0.15) is 5.82 Å². The molecule has 130 valence electrons. The van der Waals surface area contributed by atoms with Crippen molar-refractivity contribution in [3.63, 3.8) is 0 Å². The van der Waals surface area contributed by atoms with Crippen molar-refractivity contribution in [2.75, 3.05) is 18.5 Å². The fraction of sp³-hybridized carbons (Fsp3) is 0.467. The highest BCUT2D eigenvalue weighted by atomic mass is 16.5. The van der Waals surface area contributed by atoms with Crippen molar-refractivity contribution in [2.45, 2.75) is 32.4 Å². The number of carbonyl (C=O) groups is 1. The van der Waals surface area contributed by atoms with Crippen molar-refractivity contribution >= 4 is 11.7 Å². The van der Waals surface area contributed by atoms with Crippen molar-refractivity contribution in [2.24, 2.45) is 0 Å². The zero-order chi connectivity index (χ0) is 17.5. The summed E-state index contributed by atoms with van der Waals surface area (Å²) in [5, 5.41) is 27.3. The number of anilines is 1. The minimum absolute atomic E-state index is 0.132. The second kappa shape index (κ2) is 8.37. The molecule has 0 aliphatic rings. The summed E-state index contributed by atoms with van der Waals surface area (Å²) >= 11 is 0. The molecule has 0 bridgehead atoms. The van der Waals surface area contributed by atoms with Gasteiger partial charge in [-0.05, 0) is 12.1 Å². The first-order valence-electron chi connectivity index (χ1n) is 7.58. The number of nitrogens with zero attached hydrogens (tertiary/aromatic N) is 3. The van der Waals surface area contributed by atoms with E-state index in [-0.39, 0.29) is 31.6 Å². The van der Waals surface area contributed by atoms with Crippen molar-refractivity contribution in [3.05, 3.63) is 35.6 Å². The van der Waals surface area contributed by atoms with Crippen LogP contribution in [0.4, 0.5) is 5.82 Å². The van der Waals surface area contributed by atoms with Crippen molar-refractivity contribution in [1.82, 2.24) is 20.4 Å². The summed E-state index contributed by atoms with van der Waals surface area (Å²) in [6, 6.07) is 2.69. The van der Waals surface area contributed by atoms with E-state index in [2.05, 4.69) is 25.8 Å². The number of pyridine rings is 1. The van der Waals surface area contributed by atoms with E-state index in [1.165, 1.54) is 6.20 Å². The normalized spacial score (nSPS) is 11.1. The Hall–Kier alpha value is -2.52. The molecule has 0 aliphatic heterocycles. The summed E-state index contributed by atoms with van der Waals surface area (Å²) in [6.07, 6.45) is 1.40. The average molecular weight is 335 g/mol. The lowest BCUT2D eigenvalue weighted by Crippen LogP contribution is -2.28. The predicted octanol–water partition coefficient (Wildman–Crippen LogP) is 0.283. The largest absolute Gasteiger partial charge is 0.394 e. The number of nitrogens with one attached hydrogen (secondary N) is 2. The molecule has 0 aliphatic carbocycles. The standard InChI is InChI=1S/C15H21N5O4/c1-9(2)15-19-13(20-24-15)6-17-14(23)10-3-4-12(16-5-10)18-11(7-21)8-22/h3-5,9,11,21-22H,6-8H2,1-2H3,(H,16,18)(H,17,23). The van der Waals surface area contributed by atoms with Crippen LogP contribution in [-0.4, -0.2) is 50.5 Å². The van der Waals surface area contributed by atoms with E-state index < -0.39 is 6.04 Å². The minimum atomic E-state index is -0.495. The quantitative estimate of drug-likeness (QED) is 0.541. The molecule has 0 unspecified atom stereocenters. The molecular weight excluding hydrogens is 314 g/mol. The molecule has 4 N–H and O–H groups in total. The first-order chi connectivity index (χ1) is 11.5. The monoisotopic (exact) mass is 335 g/mol. The van der Waals surface area contributed by atoms with Gasteiger partial charge in [0.25, 0.3) is 5.91 Å². The second-order valence-corrected chi connectivity index (χ2v) is 5.52. The fourth-order valence-electron chi connectivity index (χ4n) is 1.81. The molecule has 24 heavy (non-hydrogen) atoms. The number of aliphatic hydroxyl groups is 2. The van der Waals surface area contributed by atoms with Gasteiger partial charge in [-0.3, -0.25) is 4.79 Å². The molecule has 9 heteroatoms. The molecule has 2 aromatic heterocycles. The Labute approximate surface area is 139 Å². The van der Waals surface area contributed by atoms with Gasteiger partial charge in [0, 0.05) is 12.1 Å². The zero-order valence-corrected chi connectivity index (χ0v) is 13.6. The first kappa shape index (κ1) is 17.8. The lowest BCUT2D eigenvalue weighted by molar-refractivity contribution is 0.0949. The van der Waals surface area contributed by atoms with Crippen LogP contribution in [0, 0.1) is 0 Å². The Morgan fingerprint density at radius 1 is 1.29 bits per heavy atom. The van der Waals surface area contributed by atoms with Gasteiger partial charge in [0.15, 0.2) is 5.82 Å². The Morgan fingerprint density at radius 2 is 2.04 bits per heavy atom. The summed E-state index contributed by atoms with van der Waals surface area (Å²) in [5.74, 6) is 1.21. The molecule has 0 atom stereocenters. The van der Waals surface area contributed by atoms with Crippen molar-refractivity contribution in [3.8, 4) is 0 Å². The summed E-state index contributed by atoms with van der Waals surface area (Å²) < 4.78 is 5.06. The maximum atomic E-state index is 12.1. The zero-order valence-electron chi connectivity index (χ0n) is 13.6. The van der Waals surface area contributed by atoms with Gasteiger partial charge >= 0.3 is 0 Å². The fourth-order valence-corrected chi connectivity index (χ4v) is 1.81. The van der Waals surface area contributed by atoms with Gasteiger partial charge in [0.2, 0.25) is 5.89 Å². The number of rotatable bonds is 8. The third kappa shape index (κ3) is 4.74. The van der Waals surface area contributed by atoms with E-state index in [1.807, 2.05) is 13.8 Å². The highest BCUT2D eigenvalue weighted by Crippen LogP contribution is 2.11. The third-order valence-electron chi connectivity index (χ3n) is 3.20. The molecule has 2 aromatic rings. The number of hydrogen-bond donors (Lipinski definition) is 4. The summed E-state index contributed by atoms with van der Waals surface area (Å²) in [6.45, 7) is 3.60. The number of aromatic nitrogens is 3. The first-order valence-corrected chi connectivity index (χ1v) is 7.58. The summed E-state index contributed by atoms with van der Waals surface area (Å²) in [5.41, 5.74) is 0.373. The second-order valence-electron chi connectivity index (χ2n) is 5.52.